The van der Waals surface area contributed by atoms with Crippen LogP contribution in [0.2, 0.25) is 0 Å². The summed E-state index contributed by atoms with van der Waals surface area (Å²) in [6, 6.07) is 0.0155. The molecule has 1 saturated heterocycles. The van der Waals surface area contributed by atoms with Gasteiger partial charge in [-0.2, -0.15) is 0 Å². The quantitative estimate of drug-likeness (QED) is 0.681. The maximum Gasteiger partial charge on any atom is 0.323 e. The van der Waals surface area contributed by atoms with Gasteiger partial charge in [-0.3, -0.25) is 9.59 Å². The molecular weight excluding hydrogens is 236 g/mol. The highest BCUT2D eigenvalue weighted by Gasteiger charge is 2.29. The van der Waals surface area contributed by atoms with Crippen molar-refractivity contribution in [2.75, 3.05) is 32.8 Å². The number of ether oxygens (including phenoxy) is 1. The lowest BCUT2D eigenvalue weighted by Gasteiger charge is -2.27. The number of carbonyl (C=O) groups excluding carboxylic acids is 1. The molecule has 1 heterocycles. The normalized spacial score (nSPS) is 23.7. The Balaban J connectivity index is 1.82. The van der Waals surface area contributed by atoms with E-state index in [1.165, 1.54) is 4.90 Å². The van der Waals surface area contributed by atoms with E-state index in [2.05, 4.69) is 5.32 Å². The zero-order chi connectivity index (χ0) is 13.0. The molecule has 6 nitrogen and oxygen atoms in total. The molecule has 2 aliphatic rings. The minimum atomic E-state index is -0.947. The van der Waals surface area contributed by atoms with Crippen molar-refractivity contribution in [1.82, 2.24) is 10.2 Å². The van der Waals surface area contributed by atoms with E-state index in [4.69, 9.17) is 9.84 Å². The van der Waals surface area contributed by atoms with Gasteiger partial charge in [-0.1, -0.05) is 0 Å². The van der Waals surface area contributed by atoms with Crippen molar-refractivity contribution in [3.8, 4) is 0 Å². The first-order valence-electron chi connectivity index (χ1n) is 6.46. The van der Waals surface area contributed by atoms with Gasteiger partial charge in [-0.05, 0) is 18.8 Å². The first-order chi connectivity index (χ1) is 8.65. The van der Waals surface area contributed by atoms with E-state index in [1.54, 1.807) is 0 Å². The van der Waals surface area contributed by atoms with Crippen molar-refractivity contribution in [1.29, 1.82) is 0 Å². The number of morpholine rings is 1. The van der Waals surface area contributed by atoms with Crippen molar-refractivity contribution >= 4 is 11.9 Å². The van der Waals surface area contributed by atoms with Gasteiger partial charge >= 0.3 is 5.97 Å². The number of carboxylic acids is 1. The standard InChI is InChI=1S/C12H20N2O4/c15-11(5-10-8-18-4-3-13-10)14(7-12(16)17)6-9-1-2-9/h9-10,13H,1-8H2,(H,16,17). The number of rotatable bonds is 6. The molecule has 0 radical (unpaired) electrons. The predicted octanol–water partition coefficient (Wildman–Crippen LogP) is -0.312. The van der Waals surface area contributed by atoms with Crippen LogP contribution in [0.15, 0.2) is 0 Å². The Hall–Kier alpha value is -1.14. The van der Waals surface area contributed by atoms with Gasteiger partial charge in [0.15, 0.2) is 0 Å². The van der Waals surface area contributed by atoms with Crippen LogP contribution in [0.4, 0.5) is 0 Å². The number of hydrogen-bond donors (Lipinski definition) is 2. The number of nitrogens with one attached hydrogen (secondary N) is 1. The molecule has 18 heavy (non-hydrogen) atoms. The Morgan fingerprint density at radius 3 is 2.72 bits per heavy atom. The Kier molecular flexibility index (Phi) is 4.54. The molecule has 1 aliphatic carbocycles. The molecule has 6 heteroatoms. The lowest BCUT2D eigenvalue weighted by molar-refractivity contribution is -0.145. The highest BCUT2D eigenvalue weighted by molar-refractivity contribution is 5.81. The van der Waals surface area contributed by atoms with Crippen LogP contribution in [0.1, 0.15) is 19.3 Å². The van der Waals surface area contributed by atoms with E-state index in [0.717, 1.165) is 19.4 Å². The minimum absolute atomic E-state index is 0.0155. The van der Waals surface area contributed by atoms with E-state index in [-0.39, 0.29) is 18.5 Å². The molecule has 1 amide bonds. The molecule has 0 aromatic heterocycles. The molecule has 102 valence electrons. The van der Waals surface area contributed by atoms with Gasteiger partial charge in [0.05, 0.1) is 13.2 Å². The van der Waals surface area contributed by atoms with Crippen molar-refractivity contribution in [3.63, 3.8) is 0 Å². The Labute approximate surface area is 106 Å². The fourth-order valence-corrected chi connectivity index (χ4v) is 2.12. The molecule has 0 aromatic carbocycles. The summed E-state index contributed by atoms with van der Waals surface area (Å²) in [5.74, 6) is -0.534. The Morgan fingerprint density at radius 2 is 2.17 bits per heavy atom. The van der Waals surface area contributed by atoms with E-state index in [0.29, 0.717) is 32.1 Å². The zero-order valence-corrected chi connectivity index (χ0v) is 10.4. The first-order valence-corrected chi connectivity index (χ1v) is 6.46. The van der Waals surface area contributed by atoms with Gasteiger partial charge in [-0.25, -0.2) is 0 Å². The Morgan fingerprint density at radius 1 is 1.39 bits per heavy atom. The van der Waals surface area contributed by atoms with Crippen LogP contribution in [0.3, 0.4) is 0 Å². The third-order valence-electron chi connectivity index (χ3n) is 3.27. The van der Waals surface area contributed by atoms with Crippen molar-refractivity contribution < 1.29 is 19.4 Å². The van der Waals surface area contributed by atoms with Gasteiger partial charge < -0.3 is 20.1 Å². The van der Waals surface area contributed by atoms with Crippen LogP contribution in [0, 0.1) is 5.92 Å². The van der Waals surface area contributed by atoms with Crippen LogP contribution in [0.5, 0.6) is 0 Å². The second kappa shape index (κ2) is 6.15. The van der Waals surface area contributed by atoms with Crippen LogP contribution < -0.4 is 5.32 Å². The number of hydrogen-bond acceptors (Lipinski definition) is 4. The van der Waals surface area contributed by atoms with Crippen LogP contribution >= 0.6 is 0 Å². The number of nitrogens with zero attached hydrogens (tertiary/aromatic N) is 1. The smallest absolute Gasteiger partial charge is 0.323 e. The first kappa shape index (κ1) is 13.3. The summed E-state index contributed by atoms with van der Waals surface area (Å²) in [7, 11) is 0. The molecule has 2 N–H and O–H groups in total. The minimum Gasteiger partial charge on any atom is -0.480 e. The second-order valence-electron chi connectivity index (χ2n) is 5.04. The summed E-state index contributed by atoms with van der Waals surface area (Å²) in [5.41, 5.74) is 0. The molecule has 1 unspecified atom stereocenters. The molecule has 2 rings (SSSR count). The van der Waals surface area contributed by atoms with Gasteiger partial charge in [0.1, 0.15) is 6.54 Å². The summed E-state index contributed by atoms with van der Waals surface area (Å²) < 4.78 is 5.29. The van der Waals surface area contributed by atoms with E-state index < -0.39 is 5.97 Å². The topological polar surface area (TPSA) is 78.9 Å². The summed E-state index contributed by atoms with van der Waals surface area (Å²) >= 11 is 0. The SMILES string of the molecule is O=C(O)CN(CC1CC1)C(=O)CC1COCCN1. The molecule has 0 spiro atoms. The third kappa shape index (κ3) is 4.27. The second-order valence-corrected chi connectivity index (χ2v) is 5.04. The number of amides is 1. The number of carbonyl (C=O) groups is 2. The Bertz CT molecular complexity index is 311. The highest BCUT2D eigenvalue weighted by atomic mass is 16.5. The molecule has 0 bridgehead atoms. The van der Waals surface area contributed by atoms with Crippen molar-refractivity contribution in [3.05, 3.63) is 0 Å². The van der Waals surface area contributed by atoms with Gasteiger partial charge in [0, 0.05) is 25.6 Å². The monoisotopic (exact) mass is 256 g/mol. The lowest BCUT2D eigenvalue weighted by Crippen LogP contribution is -2.46. The summed E-state index contributed by atoms with van der Waals surface area (Å²) in [4.78, 5) is 24.3. The van der Waals surface area contributed by atoms with E-state index >= 15 is 0 Å². The summed E-state index contributed by atoms with van der Waals surface area (Å²) in [5, 5.41) is 12.0. The van der Waals surface area contributed by atoms with Crippen LogP contribution in [0.25, 0.3) is 0 Å². The summed E-state index contributed by atoms with van der Waals surface area (Å²) in [6.07, 6.45) is 2.53. The van der Waals surface area contributed by atoms with Gasteiger partial charge in [0.25, 0.3) is 0 Å². The van der Waals surface area contributed by atoms with E-state index in [9.17, 15) is 9.59 Å². The maximum absolute atomic E-state index is 12.1. The summed E-state index contributed by atoms with van der Waals surface area (Å²) in [6.45, 7) is 2.34. The average molecular weight is 256 g/mol. The largest absolute Gasteiger partial charge is 0.480 e. The number of aliphatic carboxylic acids is 1. The molecule has 0 aromatic rings. The fraction of sp³-hybridized carbons (Fsp3) is 0.833. The molecule has 1 atom stereocenters. The number of carboxylic acid groups (broad SMARTS) is 1. The van der Waals surface area contributed by atoms with Crippen LogP contribution in [-0.2, 0) is 14.3 Å². The average Bonchev–Trinajstić information content (AvgIpc) is 3.13. The fourth-order valence-electron chi connectivity index (χ4n) is 2.12. The molecule has 2 fully saturated rings. The van der Waals surface area contributed by atoms with E-state index in [1.807, 2.05) is 0 Å². The van der Waals surface area contributed by atoms with Crippen LogP contribution in [-0.4, -0.2) is 60.8 Å². The molecule has 1 saturated carbocycles. The molecule has 1 aliphatic heterocycles. The molecular formula is C12H20N2O4. The van der Waals surface area contributed by atoms with Gasteiger partial charge in [-0.15, -0.1) is 0 Å². The lowest BCUT2D eigenvalue weighted by atomic mass is 10.1. The maximum atomic E-state index is 12.1. The van der Waals surface area contributed by atoms with Gasteiger partial charge in [0.2, 0.25) is 5.91 Å². The predicted molar refractivity (Wildman–Crippen MR) is 64.2 cm³/mol. The van der Waals surface area contributed by atoms with Crippen molar-refractivity contribution in [2.45, 2.75) is 25.3 Å². The third-order valence-corrected chi connectivity index (χ3v) is 3.27. The highest BCUT2D eigenvalue weighted by Crippen LogP contribution is 2.29. The van der Waals surface area contributed by atoms with Crippen molar-refractivity contribution in [2.24, 2.45) is 5.92 Å². The zero-order valence-electron chi connectivity index (χ0n) is 10.4.